The highest BCUT2D eigenvalue weighted by molar-refractivity contribution is 5.78. The Morgan fingerprint density at radius 2 is 1.67 bits per heavy atom. The summed E-state index contributed by atoms with van der Waals surface area (Å²) in [7, 11) is 1.92. The fraction of sp³-hybridized carbons (Fsp3) is 0.917. The summed E-state index contributed by atoms with van der Waals surface area (Å²) in [6, 6.07) is 0.279. The van der Waals surface area contributed by atoms with Gasteiger partial charge in [0, 0.05) is 6.04 Å². The molecular formula is C12H25NO2. The minimum atomic E-state index is -0.706. The number of hydrogen-bond acceptors (Lipinski definition) is 2. The van der Waals surface area contributed by atoms with Crippen LogP contribution in [0.1, 0.15) is 47.5 Å². The molecule has 0 fully saturated rings. The Kier molecular flexibility index (Phi) is 5.29. The van der Waals surface area contributed by atoms with Crippen molar-refractivity contribution in [2.45, 2.75) is 59.0 Å². The van der Waals surface area contributed by atoms with Crippen molar-refractivity contribution in [2.75, 3.05) is 7.05 Å². The topological polar surface area (TPSA) is 40.5 Å². The summed E-state index contributed by atoms with van der Waals surface area (Å²) in [6.07, 6.45) is 1.29. The fourth-order valence-corrected chi connectivity index (χ4v) is 2.04. The van der Waals surface area contributed by atoms with Gasteiger partial charge in [-0.1, -0.05) is 27.7 Å². The molecule has 0 heterocycles. The van der Waals surface area contributed by atoms with Crippen molar-refractivity contribution in [1.29, 1.82) is 0 Å². The zero-order chi connectivity index (χ0) is 12.2. The minimum absolute atomic E-state index is 0.279. The van der Waals surface area contributed by atoms with E-state index in [0.717, 1.165) is 0 Å². The van der Waals surface area contributed by atoms with E-state index >= 15 is 0 Å². The highest BCUT2D eigenvalue weighted by Gasteiger charge is 2.41. The average molecular weight is 215 g/mol. The van der Waals surface area contributed by atoms with Crippen LogP contribution in [0, 0.1) is 5.92 Å². The Bertz CT molecular complexity index is 210. The lowest BCUT2D eigenvalue weighted by molar-refractivity contribution is -0.153. The maximum Gasteiger partial charge on any atom is 0.324 e. The lowest BCUT2D eigenvalue weighted by atomic mass is 9.88. The van der Waals surface area contributed by atoms with E-state index in [-0.39, 0.29) is 6.04 Å². The van der Waals surface area contributed by atoms with E-state index in [1.54, 1.807) is 0 Å². The average Bonchev–Trinajstić information content (AvgIpc) is 2.18. The van der Waals surface area contributed by atoms with Crippen LogP contribution in [0.5, 0.6) is 0 Å². The Morgan fingerprint density at radius 1 is 1.27 bits per heavy atom. The van der Waals surface area contributed by atoms with Gasteiger partial charge in [0.05, 0.1) is 0 Å². The first-order valence-corrected chi connectivity index (χ1v) is 5.79. The molecule has 0 aromatic carbocycles. The molecule has 0 aliphatic carbocycles. The van der Waals surface area contributed by atoms with Crippen molar-refractivity contribution in [3.8, 4) is 0 Å². The number of carbonyl (C=O) groups is 1. The minimum Gasteiger partial charge on any atom is -0.480 e. The first kappa shape index (κ1) is 14.4. The molecule has 0 aliphatic heterocycles. The number of rotatable bonds is 6. The molecule has 0 spiro atoms. The molecule has 1 atom stereocenters. The van der Waals surface area contributed by atoms with Crippen LogP contribution in [0.2, 0.25) is 0 Å². The molecule has 0 amide bonds. The van der Waals surface area contributed by atoms with Gasteiger partial charge in [-0.15, -0.1) is 0 Å². The Balaban J connectivity index is 5.00. The molecule has 0 rings (SSSR count). The van der Waals surface area contributed by atoms with Crippen molar-refractivity contribution in [3.05, 3.63) is 0 Å². The van der Waals surface area contributed by atoms with E-state index < -0.39 is 11.5 Å². The summed E-state index contributed by atoms with van der Waals surface area (Å²) in [6.45, 7) is 10.2. The maximum atomic E-state index is 11.4. The molecule has 3 heteroatoms. The van der Waals surface area contributed by atoms with E-state index in [4.69, 9.17) is 0 Å². The van der Waals surface area contributed by atoms with Crippen molar-refractivity contribution < 1.29 is 9.90 Å². The molecule has 0 radical (unpaired) electrons. The monoisotopic (exact) mass is 215 g/mol. The SMILES string of the molecule is CCC(CC)(C(=O)O)N(C)C(C)C(C)C. The van der Waals surface area contributed by atoms with Crippen LogP contribution in [0.25, 0.3) is 0 Å². The van der Waals surface area contributed by atoms with Gasteiger partial charge in [-0.2, -0.15) is 0 Å². The highest BCUT2D eigenvalue weighted by Crippen LogP contribution is 2.27. The number of aliphatic carboxylic acids is 1. The second-order valence-corrected chi connectivity index (χ2v) is 4.64. The smallest absolute Gasteiger partial charge is 0.324 e. The summed E-state index contributed by atoms with van der Waals surface area (Å²) >= 11 is 0. The molecule has 0 saturated heterocycles. The van der Waals surface area contributed by atoms with Crippen molar-refractivity contribution in [2.24, 2.45) is 5.92 Å². The van der Waals surface area contributed by atoms with Gasteiger partial charge in [0.15, 0.2) is 0 Å². The van der Waals surface area contributed by atoms with E-state index in [0.29, 0.717) is 18.8 Å². The summed E-state index contributed by atoms with van der Waals surface area (Å²) in [5.74, 6) is -0.241. The number of carboxylic acids is 1. The highest BCUT2D eigenvalue weighted by atomic mass is 16.4. The number of carboxylic acid groups (broad SMARTS) is 1. The summed E-state index contributed by atoms with van der Waals surface area (Å²) < 4.78 is 0. The van der Waals surface area contributed by atoms with E-state index in [1.807, 2.05) is 25.8 Å². The van der Waals surface area contributed by atoms with E-state index in [9.17, 15) is 9.90 Å². The van der Waals surface area contributed by atoms with Crippen molar-refractivity contribution in [3.63, 3.8) is 0 Å². The lowest BCUT2D eigenvalue weighted by Gasteiger charge is -2.42. The van der Waals surface area contributed by atoms with Gasteiger partial charge in [0.2, 0.25) is 0 Å². The molecule has 15 heavy (non-hydrogen) atoms. The Hall–Kier alpha value is -0.570. The predicted molar refractivity (Wildman–Crippen MR) is 63.0 cm³/mol. The van der Waals surface area contributed by atoms with Crippen LogP contribution in [-0.2, 0) is 4.79 Å². The first-order chi connectivity index (χ1) is 6.83. The van der Waals surface area contributed by atoms with Gasteiger partial charge in [-0.3, -0.25) is 9.69 Å². The van der Waals surface area contributed by atoms with Crippen LogP contribution >= 0.6 is 0 Å². The molecule has 0 aliphatic rings. The summed E-state index contributed by atoms with van der Waals surface area (Å²) in [5, 5.41) is 9.38. The quantitative estimate of drug-likeness (QED) is 0.740. The number of likely N-dealkylation sites (N-methyl/N-ethyl adjacent to an activating group) is 1. The zero-order valence-electron chi connectivity index (χ0n) is 10.9. The standard InChI is InChI=1S/C12H25NO2/c1-7-12(8-2,11(14)15)13(6)10(5)9(3)4/h9-10H,7-8H2,1-6H3,(H,14,15). The van der Waals surface area contributed by atoms with Gasteiger partial charge in [0.25, 0.3) is 0 Å². The lowest BCUT2D eigenvalue weighted by Crippen LogP contribution is -2.56. The Morgan fingerprint density at radius 3 is 1.87 bits per heavy atom. The zero-order valence-corrected chi connectivity index (χ0v) is 10.9. The van der Waals surface area contributed by atoms with Gasteiger partial charge >= 0.3 is 5.97 Å². The predicted octanol–water partition coefficient (Wildman–Crippen LogP) is 2.61. The molecule has 0 aromatic rings. The molecule has 90 valence electrons. The summed E-state index contributed by atoms with van der Waals surface area (Å²) in [4.78, 5) is 13.4. The van der Waals surface area contributed by atoms with Crippen molar-refractivity contribution >= 4 is 5.97 Å². The van der Waals surface area contributed by atoms with Crippen LogP contribution < -0.4 is 0 Å². The third-order valence-corrected chi connectivity index (χ3v) is 3.82. The summed E-state index contributed by atoms with van der Waals surface area (Å²) in [5.41, 5.74) is -0.705. The van der Waals surface area contributed by atoms with Crippen LogP contribution in [-0.4, -0.2) is 34.6 Å². The third kappa shape index (κ3) is 2.71. The van der Waals surface area contributed by atoms with Gasteiger partial charge in [0.1, 0.15) is 5.54 Å². The van der Waals surface area contributed by atoms with Crippen molar-refractivity contribution in [1.82, 2.24) is 4.90 Å². The van der Waals surface area contributed by atoms with E-state index in [2.05, 4.69) is 20.8 Å². The van der Waals surface area contributed by atoms with Gasteiger partial charge in [-0.25, -0.2) is 0 Å². The second-order valence-electron chi connectivity index (χ2n) is 4.64. The number of nitrogens with zero attached hydrogens (tertiary/aromatic N) is 1. The molecule has 1 unspecified atom stereocenters. The van der Waals surface area contributed by atoms with Gasteiger partial charge < -0.3 is 5.11 Å². The molecule has 3 nitrogen and oxygen atoms in total. The molecule has 0 aromatic heterocycles. The maximum absolute atomic E-state index is 11.4. The number of hydrogen-bond donors (Lipinski definition) is 1. The molecule has 0 saturated carbocycles. The first-order valence-electron chi connectivity index (χ1n) is 5.79. The third-order valence-electron chi connectivity index (χ3n) is 3.82. The van der Waals surface area contributed by atoms with Gasteiger partial charge in [-0.05, 0) is 32.7 Å². The largest absolute Gasteiger partial charge is 0.480 e. The molecular weight excluding hydrogens is 190 g/mol. The second kappa shape index (κ2) is 5.50. The fourth-order valence-electron chi connectivity index (χ4n) is 2.04. The Labute approximate surface area is 93.5 Å². The molecule has 1 N–H and O–H groups in total. The van der Waals surface area contributed by atoms with E-state index in [1.165, 1.54) is 0 Å². The normalized spacial score (nSPS) is 14.7. The van der Waals surface area contributed by atoms with Crippen LogP contribution in [0.15, 0.2) is 0 Å². The van der Waals surface area contributed by atoms with Crippen LogP contribution in [0.4, 0.5) is 0 Å². The van der Waals surface area contributed by atoms with Crippen LogP contribution in [0.3, 0.4) is 0 Å². The molecule has 0 bridgehead atoms.